The van der Waals surface area contributed by atoms with Gasteiger partial charge in [-0.2, -0.15) is 0 Å². The number of primary amides is 1. The van der Waals surface area contributed by atoms with Crippen LogP contribution in [0.25, 0.3) is 10.4 Å². The van der Waals surface area contributed by atoms with Gasteiger partial charge in [-0.05, 0) is 23.1 Å². The normalized spacial score (nSPS) is 9.61. The van der Waals surface area contributed by atoms with Crippen molar-refractivity contribution >= 4 is 6.03 Å². The molecule has 1 rings (SSSR count). The van der Waals surface area contributed by atoms with E-state index in [0.717, 1.165) is 17.5 Å². The predicted octanol–water partition coefficient (Wildman–Crippen LogP) is 2.79. The molecule has 6 nitrogen and oxygen atoms in total. The topological polar surface area (TPSA) is 95.1 Å². The molecule has 0 aliphatic heterocycles. The van der Waals surface area contributed by atoms with Crippen LogP contribution in [0.1, 0.15) is 24.5 Å². The van der Waals surface area contributed by atoms with Crippen molar-refractivity contribution in [3.05, 3.63) is 45.8 Å². The Morgan fingerprint density at radius 1 is 1.39 bits per heavy atom. The highest BCUT2D eigenvalue weighted by molar-refractivity contribution is 5.71. The average molecular weight is 247 g/mol. The van der Waals surface area contributed by atoms with Crippen molar-refractivity contribution in [1.29, 1.82) is 0 Å². The first kappa shape index (κ1) is 13.9. The maximum absolute atomic E-state index is 11.2. The monoisotopic (exact) mass is 247 g/mol. The lowest BCUT2D eigenvalue weighted by atomic mass is 10.1. The van der Waals surface area contributed by atoms with E-state index in [9.17, 15) is 4.79 Å². The molecule has 0 aromatic heterocycles. The molecule has 2 amide bonds. The first-order valence-electron chi connectivity index (χ1n) is 5.80. The van der Waals surface area contributed by atoms with E-state index >= 15 is 0 Å². The molecule has 0 spiro atoms. The Morgan fingerprint density at radius 3 is 2.50 bits per heavy atom. The molecule has 0 saturated heterocycles. The fourth-order valence-electron chi connectivity index (χ4n) is 1.62. The molecule has 0 saturated carbocycles. The Balaban J connectivity index is 2.66. The average Bonchev–Trinajstić information content (AvgIpc) is 2.37. The van der Waals surface area contributed by atoms with Gasteiger partial charge in [0.15, 0.2) is 0 Å². The molecule has 6 heteroatoms. The van der Waals surface area contributed by atoms with Crippen LogP contribution >= 0.6 is 0 Å². The highest BCUT2D eigenvalue weighted by Gasteiger charge is 2.08. The summed E-state index contributed by atoms with van der Waals surface area (Å²) in [6.45, 7) is 3.49. The Morgan fingerprint density at radius 2 is 2.00 bits per heavy atom. The maximum Gasteiger partial charge on any atom is 0.315 e. The van der Waals surface area contributed by atoms with Gasteiger partial charge in [-0.1, -0.05) is 36.3 Å². The number of urea groups is 1. The number of hydrogen-bond donors (Lipinski definition) is 1. The number of hydrogen-bond acceptors (Lipinski definition) is 2. The quantitative estimate of drug-likeness (QED) is 0.467. The third-order valence-electron chi connectivity index (χ3n) is 2.52. The highest BCUT2D eigenvalue weighted by atomic mass is 16.2. The van der Waals surface area contributed by atoms with E-state index in [1.807, 2.05) is 31.2 Å². The van der Waals surface area contributed by atoms with Crippen LogP contribution in [0.3, 0.4) is 0 Å². The van der Waals surface area contributed by atoms with Crippen molar-refractivity contribution in [3.63, 3.8) is 0 Å². The van der Waals surface area contributed by atoms with Gasteiger partial charge in [0.2, 0.25) is 0 Å². The van der Waals surface area contributed by atoms with Gasteiger partial charge in [-0.3, -0.25) is 0 Å². The van der Waals surface area contributed by atoms with E-state index in [1.165, 1.54) is 0 Å². The molecule has 0 bridgehead atoms. The third kappa shape index (κ3) is 4.35. The van der Waals surface area contributed by atoms with Crippen LogP contribution in [0.2, 0.25) is 0 Å². The summed E-state index contributed by atoms with van der Waals surface area (Å²) in [5.41, 5.74) is 15.5. The molecule has 0 unspecified atom stereocenters. The fraction of sp³-hybridized carbons (Fsp3) is 0.417. The molecule has 1 aromatic rings. The van der Waals surface area contributed by atoms with Crippen molar-refractivity contribution in [3.8, 4) is 0 Å². The smallest absolute Gasteiger partial charge is 0.315 e. The minimum absolute atomic E-state index is 0.339. The molecule has 0 aliphatic carbocycles. The standard InChI is InChI=1S/C12H17N5O/c1-2-7-17(12(13)18)9-11-5-3-10(4-6-11)8-15-16-14/h3-6H,2,7-9H2,1H3,(H2,13,18). The molecule has 96 valence electrons. The number of amides is 2. The summed E-state index contributed by atoms with van der Waals surface area (Å²) < 4.78 is 0. The van der Waals surface area contributed by atoms with Crippen LogP contribution in [0.5, 0.6) is 0 Å². The molecule has 0 aliphatic rings. The van der Waals surface area contributed by atoms with Crippen molar-refractivity contribution < 1.29 is 4.79 Å². The molecule has 2 N–H and O–H groups in total. The largest absolute Gasteiger partial charge is 0.351 e. The van der Waals surface area contributed by atoms with Crippen LogP contribution in [0, 0.1) is 0 Å². The van der Waals surface area contributed by atoms with E-state index in [4.69, 9.17) is 11.3 Å². The van der Waals surface area contributed by atoms with Gasteiger partial charge >= 0.3 is 6.03 Å². The number of carbonyl (C=O) groups is 1. The molecular weight excluding hydrogens is 230 g/mol. The van der Waals surface area contributed by atoms with E-state index < -0.39 is 6.03 Å². The van der Waals surface area contributed by atoms with E-state index in [1.54, 1.807) is 4.90 Å². The van der Waals surface area contributed by atoms with E-state index in [-0.39, 0.29) is 0 Å². The summed E-state index contributed by atoms with van der Waals surface area (Å²) in [6, 6.07) is 7.18. The SMILES string of the molecule is CCCN(Cc1ccc(CN=[N+]=[N-])cc1)C(N)=O. The Hall–Kier alpha value is -2.20. The highest BCUT2D eigenvalue weighted by Crippen LogP contribution is 2.09. The number of nitrogens with zero attached hydrogens (tertiary/aromatic N) is 4. The number of rotatable bonds is 6. The fourth-order valence-corrected chi connectivity index (χ4v) is 1.62. The number of nitrogens with two attached hydrogens (primary N) is 1. The summed E-state index contributed by atoms with van der Waals surface area (Å²) in [5.74, 6) is 0. The second kappa shape index (κ2) is 7.19. The van der Waals surface area contributed by atoms with Crippen molar-refractivity contribution in [2.45, 2.75) is 26.4 Å². The summed E-state index contributed by atoms with van der Waals surface area (Å²) in [4.78, 5) is 15.5. The van der Waals surface area contributed by atoms with Gasteiger partial charge in [-0.25, -0.2) is 4.79 Å². The Bertz CT molecular complexity index is 436. The lowest BCUT2D eigenvalue weighted by Crippen LogP contribution is -2.35. The minimum atomic E-state index is -0.407. The summed E-state index contributed by atoms with van der Waals surface area (Å²) in [5, 5.41) is 3.49. The maximum atomic E-state index is 11.2. The molecule has 0 radical (unpaired) electrons. The van der Waals surface area contributed by atoms with Gasteiger partial charge in [0, 0.05) is 18.0 Å². The Kier molecular flexibility index (Phi) is 5.54. The second-order valence-corrected chi connectivity index (χ2v) is 3.97. The van der Waals surface area contributed by atoms with Gasteiger partial charge in [0.05, 0.1) is 6.54 Å². The van der Waals surface area contributed by atoms with Gasteiger partial charge < -0.3 is 10.6 Å². The summed E-state index contributed by atoms with van der Waals surface area (Å²) in [6.07, 6.45) is 0.873. The zero-order valence-corrected chi connectivity index (χ0v) is 10.4. The molecular formula is C12H17N5O. The first-order chi connectivity index (χ1) is 8.67. The first-order valence-corrected chi connectivity index (χ1v) is 5.80. The van der Waals surface area contributed by atoms with Crippen LogP contribution in [0.4, 0.5) is 4.79 Å². The van der Waals surface area contributed by atoms with Crippen LogP contribution in [0.15, 0.2) is 29.4 Å². The van der Waals surface area contributed by atoms with Gasteiger partial charge in [-0.15, -0.1) is 0 Å². The molecule has 0 heterocycles. The van der Waals surface area contributed by atoms with Crippen molar-refractivity contribution in [2.24, 2.45) is 10.8 Å². The zero-order chi connectivity index (χ0) is 13.4. The number of azide groups is 1. The minimum Gasteiger partial charge on any atom is -0.351 e. The van der Waals surface area contributed by atoms with E-state index in [2.05, 4.69) is 10.0 Å². The number of benzene rings is 1. The van der Waals surface area contributed by atoms with Crippen LogP contribution in [-0.4, -0.2) is 17.5 Å². The number of carbonyl (C=O) groups excluding carboxylic acids is 1. The molecule has 1 aromatic carbocycles. The van der Waals surface area contributed by atoms with Crippen LogP contribution < -0.4 is 5.73 Å². The molecule has 0 atom stereocenters. The van der Waals surface area contributed by atoms with Crippen molar-refractivity contribution in [2.75, 3.05) is 6.54 Å². The molecule has 0 fully saturated rings. The second-order valence-electron chi connectivity index (χ2n) is 3.97. The zero-order valence-electron chi connectivity index (χ0n) is 10.4. The summed E-state index contributed by atoms with van der Waals surface area (Å²) in [7, 11) is 0. The van der Waals surface area contributed by atoms with Crippen molar-refractivity contribution in [1.82, 2.24) is 4.90 Å². The van der Waals surface area contributed by atoms with E-state index in [0.29, 0.717) is 19.6 Å². The predicted molar refractivity (Wildman–Crippen MR) is 69.6 cm³/mol. The van der Waals surface area contributed by atoms with Crippen LogP contribution in [-0.2, 0) is 13.1 Å². The lowest BCUT2D eigenvalue weighted by molar-refractivity contribution is 0.205. The molecule has 18 heavy (non-hydrogen) atoms. The summed E-state index contributed by atoms with van der Waals surface area (Å²) >= 11 is 0. The lowest BCUT2D eigenvalue weighted by Gasteiger charge is -2.19. The third-order valence-corrected chi connectivity index (χ3v) is 2.52. The van der Waals surface area contributed by atoms with Gasteiger partial charge in [0.25, 0.3) is 0 Å². The van der Waals surface area contributed by atoms with Gasteiger partial charge in [0.1, 0.15) is 0 Å². The Labute approximate surface area is 106 Å².